The summed E-state index contributed by atoms with van der Waals surface area (Å²) in [4.78, 5) is 12.9. The summed E-state index contributed by atoms with van der Waals surface area (Å²) in [6.07, 6.45) is 2.33. The summed E-state index contributed by atoms with van der Waals surface area (Å²) in [5.74, 6) is 0.812. The van der Waals surface area contributed by atoms with Gasteiger partial charge in [-0.25, -0.2) is 0 Å². The molecule has 1 heterocycles. The molecular formula is C8H16N2O. The first-order chi connectivity index (χ1) is 5.27. The zero-order chi connectivity index (χ0) is 8.27. The van der Waals surface area contributed by atoms with Crippen molar-refractivity contribution in [2.45, 2.75) is 19.8 Å². The lowest BCUT2D eigenvalue weighted by atomic mass is 10.1. The molecule has 1 rings (SSSR count). The third kappa shape index (κ3) is 1.93. The Labute approximate surface area is 67.5 Å². The molecule has 0 saturated carbocycles. The SMILES string of the molecule is CC[C@H]1CCN(C(=O)CN)C1. The van der Waals surface area contributed by atoms with E-state index in [1.807, 2.05) is 4.90 Å². The molecule has 1 aliphatic rings. The van der Waals surface area contributed by atoms with Gasteiger partial charge in [0.2, 0.25) is 5.91 Å². The number of nitrogens with two attached hydrogens (primary N) is 1. The first-order valence-corrected chi connectivity index (χ1v) is 4.25. The van der Waals surface area contributed by atoms with E-state index in [2.05, 4.69) is 6.92 Å². The summed E-state index contributed by atoms with van der Waals surface area (Å²) in [6, 6.07) is 0. The number of rotatable bonds is 2. The Kier molecular flexibility index (Phi) is 2.88. The van der Waals surface area contributed by atoms with E-state index < -0.39 is 0 Å². The minimum Gasteiger partial charge on any atom is -0.341 e. The molecule has 2 N–H and O–H groups in total. The lowest BCUT2D eigenvalue weighted by Gasteiger charge is -2.14. The number of hydrogen-bond donors (Lipinski definition) is 1. The standard InChI is InChI=1S/C8H16N2O/c1-2-7-3-4-10(6-7)8(11)5-9/h7H,2-6,9H2,1H3/t7-/m0/s1. The predicted octanol–water partition coefficient (Wildman–Crippen LogP) is 0.204. The molecule has 1 aliphatic heterocycles. The van der Waals surface area contributed by atoms with Gasteiger partial charge in [0.15, 0.2) is 0 Å². The average molecular weight is 156 g/mol. The van der Waals surface area contributed by atoms with Crippen molar-refractivity contribution in [2.24, 2.45) is 11.7 Å². The number of carbonyl (C=O) groups excluding carboxylic acids is 1. The summed E-state index contributed by atoms with van der Waals surface area (Å²) >= 11 is 0. The van der Waals surface area contributed by atoms with Crippen LogP contribution in [0.1, 0.15) is 19.8 Å². The van der Waals surface area contributed by atoms with Crippen LogP contribution in [0.15, 0.2) is 0 Å². The highest BCUT2D eigenvalue weighted by atomic mass is 16.2. The average Bonchev–Trinajstić information content (AvgIpc) is 2.50. The van der Waals surface area contributed by atoms with Gasteiger partial charge in [-0.2, -0.15) is 0 Å². The quantitative estimate of drug-likeness (QED) is 0.621. The molecule has 3 heteroatoms. The third-order valence-corrected chi connectivity index (χ3v) is 2.39. The second kappa shape index (κ2) is 3.72. The molecule has 3 nitrogen and oxygen atoms in total. The molecule has 11 heavy (non-hydrogen) atoms. The summed E-state index contributed by atoms with van der Waals surface area (Å²) in [7, 11) is 0. The van der Waals surface area contributed by atoms with Crippen LogP contribution in [0.4, 0.5) is 0 Å². The Hall–Kier alpha value is -0.570. The van der Waals surface area contributed by atoms with Crippen molar-refractivity contribution in [3.63, 3.8) is 0 Å². The Bertz CT molecular complexity index is 147. The molecule has 0 spiro atoms. The van der Waals surface area contributed by atoms with Crippen molar-refractivity contribution < 1.29 is 4.79 Å². The lowest BCUT2D eigenvalue weighted by molar-refractivity contribution is -0.128. The maximum atomic E-state index is 11.1. The van der Waals surface area contributed by atoms with Gasteiger partial charge in [0.1, 0.15) is 0 Å². The molecule has 1 atom stereocenters. The van der Waals surface area contributed by atoms with Crippen LogP contribution in [0.2, 0.25) is 0 Å². The zero-order valence-corrected chi connectivity index (χ0v) is 7.05. The molecule has 0 radical (unpaired) electrons. The van der Waals surface area contributed by atoms with Crippen LogP contribution in [0.3, 0.4) is 0 Å². The molecule has 0 unspecified atom stereocenters. The molecule has 1 saturated heterocycles. The molecule has 1 fully saturated rings. The topological polar surface area (TPSA) is 46.3 Å². The molecular weight excluding hydrogens is 140 g/mol. The van der Waals surface area contributed by atoms with Gasteiger partial charge in [-0.15, -0.1) is 0 Å². The fourth-order valence-corrected chi connectivity index (χ4v) is 1.52. The number of amides is 1. The number of carbonyl (C=O) groups is 1. The van der Waals surface area contributed by atoms with E-state index >= 15 is 0 Å². The number of likely N-dealkylation sites (tertiary alicyclic amines) is 1. The van der Waals surface area contributed by atoms with Gasteiger partial charge in [-0.05, 0) is 12.3 Å². The van der Waals surface area contributed by atoms with Gasteiger partial charge in [0.05, 0.1) is 6.54 Å². The van der Waals surface area contributed by atoms with Crippen molar-refractivity contribution in [2.75, 3.05) is 19.6 Å². The Morgan fingerprint density at radius 1 is 1.73 bits per heavy atom. The maximum absolute atomic E-state index is 11.1. The monoisotopic (exact) mass is 156 g/mol. The van der Waals surface area contributed by atoms with E-state index in [4.69, 9.17) is 5.73 Å². The summed E-state index contributed by atoms with van der Waals surface area (Å²) in [6.45, 7) is 4.17. The second-order valence-corrected chi connectivity index (χ2v) is 3.11. The van der Waals surface area contributed by atoms with Crippen LogP contribution >= 0.6 is 0 Å². The van der Waals surface area contributed by atoms with Gasteiger partial charge in [-0.3, -0.25) is 4.79 Å². The normalized spacial score (nSPS) is 24.2. The summed E-state index contributed by atoms with van der Waals surface area (Å²) < 4.78 is 0. The largest absolute Gasteiger partial charge is 0.341 e. The highest BCUT2D eigenvalue weighted by molar-refractivity contribution is 5.78. The lowest BCUT2D eigenvalue weighted by Crippen LogP contribution is -2.34. The predicted molar refractivity (Wildman–Crippen MR) is 44.0 cm³/mol. The van der Waals surface area contributed by atoms with Crippen LogP contribution in [0.25, 0.3) is 0 Å². The first kappa shape index (κ1) is 8.53. The van der Waals surface area contributed by atoms with E-state index in [9.17, 15) is 4.79 Å². The van der Waals surface area contributed by atoms with E-state index in [1.54, 1.807) is 0 Å². The fraction of sp³-hybridized carbons (Fsp3) is 0.875. The van der Waals surface area contributed by atoms with Gasteiger partial charge < -0.3 is 10.6 Å². The smallest absolute Gasteiger partial charge is 0.236 e. The summed E-state index contributed by atoms with van der Waals surface area (Å²) in [5, 5.41) is 0. The van der Waals surface area contributed by atoms with Crippen molar-refractivity contribution >= 4 is 5.91 Å². The van der Waals surface area contributed by atoms with Crippen LogP contribution in [-0.2, 0) is 4.79 Å². The van der Waals surface area contributed by atoms with E-state index in [0.717, 1.165) is 19.5 Å². The Morgan fingerprint density at radius 2 is 2.45 bits per heavy atom. The Balaban J connectivity index is 2.35. The van der Waals surface area contributed by atoms with Crippen molar-refractivity contribution in [3.8, 4) is 0 Å². The molecule has 0 aromatic heterocycles. The third-order valence-electron chi connectivity index (χ3n) is 2.39. The minimum atomic E-state index is 0.0981. The minimum absolute atomic E-state index is 0.0981. The molecule has 0 bridgehead atoms. The number of hydrogen-bond acceptors (Lipinski definition) is 2. The van der Waals surface area contributed by atoms with Gasteiger partial charge >= 0.3 is 0 Å². The van der Waals surface area contributed by atoms with E-state index in [1.165, 1.54) is 6.42 Å². The molecule has 0 aliphatic carbocycles. The zero-order valence-electron chi connectivity index (χ0n) is 7.05. The van der Waals surface area contributed by atoms with Gasteiger partial charge in [-0.1, -0.05) is 13.3 Å². The fourth-order valence-electron chi connectivity index (χ4n) is 1.52. The van der Waals surface area contributed by atoms with Crippen molar-refractivity contribution in [1.29, 1.82) is 0 Å². The van der Waals surface area contributed by atoms with Crippen LogP contribution in [0, 0.1) is 5.92 Å². The highest BCUT2D eigenvalue weighted by Crippen LogP contribution is 2.18. The molecule has 0 aromatic carbocycles. The van der Waals surface area contributed by atoms with Crippen LogP contribution in [0.5, 0.6) is 0 Å². The maximum Gasteiger partial charge on any atom is 0.236 e. The first-order valence-electron chi connectivity index (χ1n) is 4.25. The number of nitrogens with zero attached hydrogens (tertiary/aromatic N) is 1. The van der Waals surface area contributed by atoms with Crippen molar-refractivity contribution in [1.82, 2.24) is 4.90 Å². The Morgan fingerprint density at radius 3 is 2.91 bits per heavy atom. The van der Waals surface area contributed by atoms with Crippen molar-refractivity contribution in [3.05, 3.63) is 0 Å². The molecule has 64 valence electrons. The van der Waals surface area contributed by atoms with E-state index in [0.29, 0.717) is 5.92 Å². The van der Waals surface area contributed by atoms with Crippen LogP contribution in [-0.4, -0.2) is 30.4 Å². The van der Waals surface area contributed by atoms with Gasteiger partial charge in [0, 0.05) is 13.1 Å². The molecule has 0 aromatic rings. The summed E-state index contributed by atoms with van der Waals surface area (Å²) in [5.41, 5.74) is 5.25. The highest BCUT2D eigenvalue weighted by Gasteiger charge is 2.23. The van der Waals surface area contributed by atoms with Crippen LogP contribution < -0.4 is 5.73 Å². The molecule has 1 amide bonds. The van der Waals surface area contributed by atoms with E-state index in [-0.39, 0.29) is 12.5 Å². The second-order valence-electron chi connectivity index (χ2n) is 3.11. The van der Waals surface area contributed by atoms with Gasteiger partial charge in [0.25, 0.3) is 0 Å².